The molecule has 14 heavy (non-hydrogen) atoms. The first-order chi connectivity index (χ1) is 6.84. The quantitative estimate of drug-likeness (QED) is 0.647. The summed E-state index contributed by atoms with van der Waals surface area (Å²) in [6.07, 6.45) is 3.44. The number of benzene rings is 1. The molecule has 0 amide bonds. The van der Waals surface area contributed by atoms with Gasteiger partial charge in [-0.15, -0.1) is 0 Å². The van der Waals surface area contributed by atoms with Crippen LogP contribution in [0.1, 0.15) is 17.5 Å². The highest BCUT2D eigenvalue weighted by Gasteiger charge is 2.32. The number of phenolic OH excluding ortho intramolecular Hbond substituents is 1. The highest BCUT2D eigenvalue weighted by atomic mass is 16.3. The van der Waals surface area contributed by atoms with Crippen LogP contribution in [0.3, 0.4) is 0 Å². The van der Waals surface area contributed by atoms with Crippen LogP contribution in [0, 0.1) is 5.92 Å². The Kier molecular flexibility index (Phi) is 1.77. The van der Waals surface area contributed by atoms with Crippen LogP contribution in [-0.2, 0) is 12.8 Å². The van der Waals surface area contributed by atoms with Gasteiger partial charge in [0.05, 0.1) is 0 Å². The number of hydrogen-bond acceptors (Lipinski definition) is 2. The van der Waals surface area contributed by atoms with Crippen molar-refractivity contribution in [1.82, 2.24) is 5.32 Å². The SMILES string of the molecule is Oc1cccc2c1CC1NCCC1C2. The molecule has 0 spiro atoms. The van der Waals surface area contributed by atoms with Gasteiger partial charge in [-0.3, -0.25) is 0 Å². The number of phenols is 1. The Bertz CT molecular complexity index is 361. The van der Waals surface area contributed by atoms with Crippen LogP contribution in [0.25, 0.3) is 0 Å². The monoisotopic (exact) mass is 189 g/mol. The molecule has 2 aliphatic rings. The van der Waals surface area contributed by atoms with Gasteiger partial charge in [-0.05, 0) is 48.9 Å². The smallest absolute Gasteiger partial charge is 0.119 e. The predicted octanol–water partition coefficient (Wildman–Crippen LogP) is 1.47. The van der Waals surface area contributed by atoms with E-state index in [1.807, 2.05) is 6.07 Å². The van der Waals surface area contributed by atoms with Crippen molar-refractivity contribution < 1.29 is 5.11 Å². The Morgan fingerprint density at radius 1 is 1.29 bits per heavy atom. The highest BCUT2D eigenvalue weighted by Crippen LogP contribution is 2.34. The molecular formula is C12H15NO. The molecule has 0 radical (unpaired) electrons. The molecule has 1 aromatic rings. The zero-order valence-electron chi connectivity index (χ0n) is 8.16. The molecule has 2 unspecified atom stereocenters. The van der Waals surface area contributed by atoms with Crippen LogP contribution < -0.4 is 5.32 Å². The normalized spacial score (nSPS) is 29.7. The van der Waals surface area contributed by atoms with Crippen LogP contribution in [0.2, 0.25) is 0 Å². The van der Waals surface area contributed by atoms with E-state index in [0.29, 0.717) is 11.8 Å². The Morgan fingerprint density at radius 3 is 3.14 bits per heavy atom. The van der Waals surface area contributed by atoms with E-state index in [2.05, 4.69) is 11.4 Å². The van der Waals surface area contributed by atoms with E-state index in [-0.39, 0.29) is 0 Å². The molecule has 0 aromatic heterocycles. The van der Waals surface area contributed by atoms with E-state index in [1.165, 1.54) is 17.5 Å². The molecule has 3 rings (SSSR count). The fourth-order valence-electron chi connectivity index (χ4n) is 2.86. The average Bonchev–Trinajstić information content (AvgIpc) is 2.62. The number of rotatable bonds is 0. The van der Waals surface area contributed by atoms with Crippen molar-refractivity contribution in [1.29, 1.82) is 0 Å². The van der Waals surface area contributed by atoms with Gasteiger partial charge >= 0.3 is 0 Å². The topological polar surface area (TPSA) is 32.3 Å². The van der Waals surface area contributed by atoms with Crippen LogP contribution in [0.4, 0.5) is 0 Å². The maximum Gasteiger partial charge on any atom is 0.119 e. The molecule has 74 valence electrons. The highest BCUT2D eigenvalue weighted by molar-refractivity contribution is 5.42. The first-order valence-corrected chi connectivity index (χ1v) is 5.38. The number of nitrogens with one attached hydrogen (secondary N) is 1. The molecule has 1 saturated heterocycles. The van der Waals surface area contributed by atoms with Gasteiger partial charge in [-0.1, -0.05) is 12.1 Å². The van der Waals surface area contributed by atoms with Crippen molar-refractivity contribution in [2.24, 2.45) is 5.92 Å². The molecule has 2 nitrogen and oxygen atoms in total. The van der Waals surface area contributed by atoms with Gasteiger partial charge in [0.2, 0.25) is 0 Å². The fraction of sp³-hybridized carbons (Fsp3) is 0.500. The summed E-state index contributed by atoms with van der Waals surface area (Å²) in [6.45, 7) is 1.14. The van der Waals surface area contributed by atoms with Crippen molar-refractivity contribution in [3.05, 3.63) is 29.3 Å². The van der Waals surface area contributed by atoms with Crippen LogP contribution in [0.5, 0.6) is 5.75 Å². The Labute approximate surface area is 84.0 Å². The molecule has 2 atom stereocenters. The van der Waals surface area contributed by atoms with Crippen molar-refractivity contribution >= 4 is 0 Å². The van der Waals surface area contributed by atoms with E-state index in [9.17, 15) is 5.11 Å². The lowest BCUT2D eigenvalue weighted by atomic mass is 9.80. The summed E-state index contributed by atoms with van der Waals surface area (Å²) in [5, 5.41) is 13.3. The van der Waals surface area contributed by atoms with Crippen molar-refractivity contribution in [2.75, 3.05) is 6.54 Å². The standard InChI is InChI=1S/C12H15NO/c14-12-3-1-2-8-6-9-4-5-13-11(9)7-10(8)12/h1-3,9,11,13-14H,4-7H2. The summed E-state index contributed by atoms with van der Waals surface area (Å²) in [5.74, 6) is 1.28. The Morgan fingerprint density at radius 2 is 2.21 bits per heavy atom. The van der Waals surface area contributed by atoms with E-state index in [0.717, 1.165) is 25.3 Å². The van der Waals surface area contributed by atoms with Crippen molar-refractivity contribution in [3.63, 3.8) is 0 Å². The van der Waals surface area contributed by atoms with Crippen LogP contribution in [0.15, 0.2) is 18.2 Å². The van der Waals surface area contributed by atoms with Gasteiger partial charge < -0.3 is 10.4 Å². The second kappa shape index (κ2) is 2.99. The lowest BCUT2D eigenvalue weighted by Crippen LogP contribution is -2.34. The van der Waals surface area contributed by atoms with E-state index in [4.69, 9.17) is 0 Å². The van der Waals surface area contributed by atoms with Crippen LogP contribution in [-0.4, -0.2) is 17.7 Å². The van der Waals surface area contributed by atoms with Gasteiger partial charge in [-0.25, -0.2) is 0 Å². The average molecular weight is 189 g/mol. The third-order valence-corrected chi connectivity index (χ3v) is 3.65. The van der Waals surface area contributed by atoms with Crippen molar-refractivity contribution in [3.8, 4) is 5.75 Å². The lowest BCUT2D eigenvalue weighted by molar-refractivity contribution is 0.399. The van der Waals surface area contributed by atoms with Crippen LogP contribution >= 0.6 is 0 Å². The molecule has 1 aromatic carbocycles. The maximum atomic E-state index is 9.75. The summed E-state index contributed by atoms with van der Waals surface area (Å²) in [6, 6.07) is 6.52. The summed E-state index contributed by atoms with van der Waals surface area (Å²) >= 11 is 0. The zero-order chi connectivity index (χ0) is 9.54. The summed E-state index contributed by atoms with van der Waals surface area (Å²) in [7, 11) is 0. The Hall–Kier alpha value is -1.02. The van der Waals surface area contributed by atoms with Gasteiger partial charge in [-0.2, -0.15) is 0 Å². The third-order valence-electron chi connectivity index (χ3n) is 3.65. The molecule has 1 aliphatic heterocycles. The van der Waals surface area contributed by atoms with Gasteiger partial charge in [0, 0.05) is 6.04 Å². The van der Waals surface area contributed by atoms with E-state index < -0.39 is 0 Å². The second-order valence-electron chi connectivity index (χ2n) is 4.43. The minimum absolute atomic E-state index is 0.481. The molecule has 1 fully saturated rings. The fourth-order valence-corrected chi connectivity index (χ4v) is 2.86. The molecule has 0 saturated carbocycles. The zero-order valence-corrected chi connectivity index (χ0v) is 8.16. The number of aromatic hydroxyl groups is 1. The molecule has 2 N–H and O–H groups in total. The van der Waals surface area contributed by atoms with Crippen molar-refractivity contribution in [2.45, 2.75) is 25.3 Å². The molecule has 1 aliphatic carbocycles. The first-order valence-electron chi connectivity index (χ1n) is 5.38. The van der Waals surface area contributed by atoms with Gasteiger partial charge in [0.25, 0.3) is 0 Å². The maximum absolute atomic E-state index is 9.75. The van der Waals surface area contributed by atoms with E-state index >= 15 is 0 Å². The minimum Gasteiger partial charge on any atom is -0.508 e. The third kappa shape index (κ3) is 1.14. The molecule has 2 heteroatoms. The minimum atomic E-state index is 0.481. The summed E-state index contributed by atoms with van der Waals surface area (Å²) in [5.41, 5.74) is 2.53. The molecular weight excluding hydrogens is 174 g/mol. The molecule has 1 heterocycles. The van der Waals surface area contributed by atoms with E-state index in [1.54, 1.807) is 6.07 Å². The Balaban J connectivity index is 2.01. The van der Waals surface area contributed by atoms with Gasteiger partial charge in [0.1, 0.15) is 5.75 Å². The first kappa shape index (κ1) is 8.30. The molecule has 0 bridgehead atoms. The summed E-state index contributed by atoms with van der Waals surface area (Å²) in [4.78, 5) is 0. The number of fused-ring (bicyclic) bond motifs is 2. The predicted molar refractivity (Wildman–Crippen MR) is 55.4 cm³/mol. The van der Waals surface area contributed by atoms with Gasteiger partial charge in [0.15, 0.2) is 0 Å². The summed E-state index contributed by atoms with van der Waals surface area (Å²) < 4.78 is 0. The number of hydrogen-bond donors (Lipinski definition) is 2. The largest absolute Gasteiger partial charge is 0.508 e. The second-order valence-corrected chi connectivity index (χ2v) is 4.43. The lowest BCUT2D eigenvalue weighted by Gasteiger charge is -2.27.